The van der Waals surface area contributed by atoms with E-state index in [0.717, 1.165) is 23.8 Å². The van der Waals surface area contributed by atoms with Crippen LogP contribution >= 0.6 is 0 Å². The van der Waals surface area contributed by atoms with Gasteiger partial charge in [0.05, 0.1) is 27.3 Å². The molecule has 0 aliphatic rings. The van der Waals surface area contributed by atoms with E-state index < -0.39 is 21.2 Å². The maximum absolute atomic E-state index is 10.8. The largest absolute Gasteiger partial charge is 0.278 e. The molecule has 2 rings (SSSR count). The van der Waals surface area contributed by atoms with Crippen LogP contribution in [0.15, 0.2) is 65.3 Å². The van der Waals surface area contributed by atoms with Gasteiger partial charge in [-0.25, -0.2) is 0 Å². The highest BCUT2D eigenvalue weighted by atomic mass is 16.6. The van der Waals surface area contributed by atoms with Gasteiger partial charge >= 0.3 is 0 Å². The van der Waals surface area contributed by atoms with Crippen LogP contribution < -0.4 is 0 Å². The number of nitro benzene ring substituents is 2. The van der Waals surface area contributed by atoms with E-state index in [1.807, 2.05) is 6.07 Å². The minimum atomic E-state index is -0.724. The lowest BCUT2D eigenvalue weighted by atomic mass is 10.2. The molecule has 0 spiro atoms. The SMILES string of the molecule is C=C(N=Nc1cc([N+](=O)[O-])cc([N+](=O)[O-])c1)c1ccccc1. The van der Waals surface area contributed by atoms with Crippen LogP contribution in [-0.2, 0) is 0 Å². The first-order valence-electron chi connectivity index (χ1n) is 6.07. The maximum Gasteiger partial charge on any atom is 0.278 e. The number of nitro groups is 2. The maximum atomic E-state index is 10.8. The number of hydrogen-bond acceptors (Lipinski definition) is 6. The molecule has 0 saturated carbocycles. The van der Waals surface area contributed by atoms with Crippen LogP contribution in [0.1, 0.15) is 5.56 Å². The summed E-state index contributed by atoms with van der Waals surface area (Å²) in [5.41, 5.74) is 0.237. The van der Waals surface area contributed by atoms with E-state index in [-0.39, 0.29) is 5.69 Å². The molecule has 0 aliphatic heterocycles. The average molecular weight is 298 g/mol. The molecular weight excluding hydrogens is 288 g/mol. The Hall–Kier alpha value is -3.42. The minimum Gasteiger partial charge on any atom is -0.258 e. The molecular formula is C14H10N4O4. The second kappa shape index (κ2) is 6.35. The summed E-state index contributed by atoms with van der Waals surface area (Å²) >= 11 is 0. The molecule has 0 amide bonds. The Morgan fingerprint density at radius 1 is 0.955 bits per heavy atom. The summed E-state index contributed by atoms with van der Waals surface area (Å²) in [6.45, 7) is 3.73. The third-order valence-corrected chi connectivity index (χ3v) is 2.70. The van der Waals surface area contributed by atoms with Gasteiger partial charge in [0.25, 0.3) is 11.4 Å². The lowest BCUT2D eigenvalue weighted by Gasteiger charge is -1.98. The van der Waals surface area contributed by atoms with E-state index in [1.165, 1.54) is 0 Å². The second-order valence-corrected chi connectivity index (χ2v) is 4.23. The van der Waals surface area contributed by atoms with E-state index >= 15 is 0 Å². The minimum absolute atomic E-state index is 0.0120. The molecule has 0 aromatic heterocycles. The first-order chi connectivity index (χ1) is 10.5. The highest BCUT2D eigenvalue weighted by Gasteiger charge is 2.16. The van der Waals surface area contributed by atoms with Gasteiger partial charge < -0.3 is 0 Å². The predicted octanol–water partition coefficient (Wildman–Crippen LogP) is 4.26. The summed E-state index contributed by atoms with van der Waals surface area (Å²) in [5, 5.41) is 29.2. The first kappa shape index (κ1) is 15.0. The van der Waals surface area contributed by atoms with Gasteiger partial charge in [0, 0.05) is 17.7 Å². The highest BCUT2D eigenvalue weighted by molar-refractivity contribution is 5.62. The molecule has 0 N–H and O–H groups in total. The lowest BCUT2D eigenvalue weighted by Crippen LogP contribution is -1.92. The fourth-order valence-electron chi connectivity index (χ4n) is 1.65. The lowest BCUT2D eigenvalue weighted by molar-refractivity contribution is -0.394. The number of hydrogen-bond donors (Lipinski definition) is 0. The smallest absolute Gasteiger partial charge is 0.258 e. The van der Waals surface area contributed by atoms with Gasteiger partial charge in [-0.05, 0) is 0 Å². The van der Waals surface area contributed by atoms with Crippen molar-refractivity contribution in [1.29, 1.82) is 0 Å². The molecule has 0 fully saturated rings. The summed E-state index contributed by atoms with van der Waals surface area (Å²) in [7, 11) is 0. The zero-order chi connectivity index (χ0) is 16.1. The fraction of sp³-hybridized carbons (Fsp3) is 0. The Labute approximate surface area is 124 Å². The van der Waals surface area contributed by atoms with Gasteiger partial charge in [-0.1, -0.05) is 36.9 Å². The number of benzene rings is 2. The molecule has 8 nitrogen and oxygen atoms in total. The van der Waals surface area contributed by atoms with E-state index in [9.17, 15) is 20.2 Å². The van der Waals surface area contributed by atoms with E-state index in [4.69, 9.17) is 0 Å². The Morgan fingerprint density at radius 3 is 2.00 bits per heavy atom. The van der Waals surface area contributed by atoms with E-state index in [1.54, 1.807) is 24.3 Å². The Morgan fingerprint density at radius 2 is 1.50 bits per heavy atom. The van der Waals surface area contributed by atoms with Crippen LogP contribution in [0.3, 0.4) is 0 Å². The molecule has 2 aromatic rings. The van der Waals surface area contributed by atoms with Crippen molar-refractivity contribution in [2.24, 2.45) is 10.2 Å². The van der Waals surface area contributed by atoms with Crippen molar-refractivity contribution < 1.29 is 9.85 Å². The number of azo groups is 1. The summed E-state index contributed by atoms with van der Waals surface area (Å²) in [4.78, 5) is 20.1. The second-order valence-electron chi connectivity index (χ2n) is 4.23. The topological polar surface area (TPSA) is 111 Å². The van der Waals surface area contributed by atoms with Crippen molar-refractivity contribution in [2.75, 3.05) is 0 Å². The van der Waals surface area contributed by atoms with E-state index in [2.05, 4.69) is 16.8 Å². The Balaban J connectivity index is 2.32. The summed E-state index contributed by atoms with van der Waals surface area (Å²) in [5.74, 6) is 0. The van der Waals surface area contributed by atoms with Crippen LogP contribution in [0.4, 0.5) is 17.1 Å². The molecule has 0 bridgehead atoms. The molecule has 0 saturated heterocycles. The monoisotopic (exact) mass is 298 g/mol. The van der Waals surface area contributed by atoms with Crippen LogP contribution in [-0.4, -0.2) is 9.85 Å². The molecule has 0 aliphatic carbocycles. The summed E-state index contributed by atoms with van der Waals surface area (Å²) in [6, 6.07) is 12.1. The van der Waals surface area contributed by atoms with Crippen molar-refractivity contribution >= 4 is 22.8 Å². The normalized spacial score (nSPS) is 10.5. The molecule has 0 atom stereocenters. The Bertz CT molecular complexity index is 739. The molecule has 8 heteroatoms. The van der Waals surface area contributed by atoms with Crippen LogP contribution in [0.25, 0.3) is 5.70 Å². The van der Waals surface area contributed by atoms with Crippen molar-refractivity contribution in [3.05, 3.63) is 80.9 Å². The van der Waals surface area contributed by atoms with Gasteiger partial charge in [-0.2, -0.15) is 10.2 Å². The van der Waals surface area contributed by atoms with Gasteiger partial charge in [0.1, 0.15) is 0 Å². The molecule has 2 aromatic carbocycles. The first-order valence-corrected chi connectivity index (χ1v) is 6.07. The third kappa shape index (κ3) is 3.57. The van der Waals surface area contributed by atoms with Gasteiger partial charge in [0.2, 0.25) is 0 Å². The molecule has 22 heavy (non-hydrogen) atoms. The van der Waals surface area contributed by atoms with Crippen LogP contribution in [0, 0.1) is 20.2 Å². The molecule has 0 heterocycles. The summed E-state index contributed by atoms with van der Waals surface area (Å²) in [6.07, 6.45) is 0. The fourth-order valence-corrected chi connectivity index (χ4v) is 1.65. The number of rotatable bonds is 5. The third-order valence-electron chi connectivity index (χ3n) is 2.70. The summed E-state index contributed by atoms with van der Waals surface area (Å²) < 4.78 is 0. The number of non-ortho nitro benzene ring substituents is 2. The molecule has 110 valence electrons. The van der Waals surface area contributed by atoms with Crippen LogP contribution in [0.2, 0.25) is 0 Å². The molecule has 0 unspecified atom stereocenters. The van der Waals surface area contributed by atoms with Crippen molar-refractivity contribution in [3.63, 3.8) is 0 Å². The quantitative estimate of drug-likeness (QED) is 0.466. The molecule has 0 radical (unpaired) electrons. The Kier molecular flexibility index (Phi) is 4.33. The zero-order valence-corrected chi connectivity index (χ0v) is 11.2. The van der Waals surface area contributed by atoms with Crippen LogP contribution in [0.5, 0.6) is 0 Å². The van der Waals surface area contributed by atoms with E-state index in [0.29, 0.717) is 5.70 Å². The van der Waals surface area contributed by atoms with Gasteiger partial charge in [-0.3, -0.25) is 20.2 Å². The van der Waals surface area contributed by atoms with Crippen molar-refractivity contribution in [3.8, 4) is 0 Å². The number of nitrogens with zero attached hydrogens (tertiary/aromatic N) is 4. The predicted molar refractivity (Wildman–Crippen MR) is 79.7 cm³/mol. The zero-order valence-electron chi connectivity index (χ0n) is 11.2. The van der Waals surface area contributed by atoms with Crippen molar-refractivity contribution in [1.82, 2.24) is 0 Å². The standard InChI is InChI=1S/C14H10N4O4/c1-10(11-5-3-2-4-6-11)15-16-12-7-13(17(19)20)9-14(8-12)18(21)22/h2-9H,1H2. The van der Waals surface area contributed by atoms with Gasteiger partial charge in [0.15, 0.2) is 0 Å². The van der Waals surface area contributed by atoms with Crippen molar-refractivity contribution in [2.45, 2.75) is 0 Å². The highest BCUT2D eigenvalue weighted by Crippen LogP contribution is 2.28. The van der Waals surface area contributed by atoms with Gasteiger partial charge in [-0.15, -0.1) is 0 Å². The average Bonchev–Trinajstić information content (AvgIpc) is 2.53.